The first kappa shape index (κ1) is 12.8. The maximum Gasteiger partial charge on any atom is 0.0396 e. The molecule has 1 aromatic rings. The zero-order chi connectivity index (χ0) is 12.5. The van der Waals surface area contributed by atoms with Gasteiger partial charge < -0.3 is 10.6 Å². The van der Waals surface area contributed by atoms with Crippen LogP contribution in [0.5, 0.6) is 0 Å². The molecule has 0 atom stereocenters. The Labute approximate surface area is 109 Å². The maximum atomic E-state index is 5.67. The normalized spacial score (nSPS) is 19.4. The lowest BCUT2D eigenvalue weighted by Gasteiger charge is -2.39. The Hall–Kier alpha value is -0.670. The van der Waals surface area contributed by atoms with Crippen LogP contribution < -0.4 is 10.6 Å². The Morgan fingerprint density at radius 3 is 2.76 bits per heavy atom. The van der Waals surface area contributed by atoms with Crippen LogP contribution in [0.3, 0.4) is 0 Å². The standard InChI is InChI=1S/C14H22N2S/c1-11-8-12(9-15)4-5-13(11)16-6-7-17-14(2,3)10-16/h4-5,8H,6-7,9-10,15H2,1-3H3. The monoisotopic (exact) mass is 250 g/mol. The zero-order valence-electron chi connectivity index (χ0n) is 11.0. The molecule has 1 heterocycles. The van der Waals surface area contributed by atoms with Gasteiger partial charge >= 0.3 is 0 Å². The summed E-state index contributed by atoms with van der Waals surface area (Å²) in [5.41, 5.74) is 9.61. The van der Waals surface area contributed by atoms with Gasteiger partial charge in [-0.05, 0) is 38.0 Å². The predicted molar refractivity (Wildman–Crippen MR) is 77.8 cm³/mol. The number of benzene rings is 1. The third kappa shape index (κ3) is 2.96. The topological polar surface area (TPSA) is 29.3 Å². The van der Waals surface area contributed by atoms with Gasteiger partial charge in [0.2, 0.25) is 0 Å². The molecule has 1 aliphatic rings. The van der Waals surface area contributed by atoms with Gasteiger partial charge in [-0.1, -0.05) is 12.1 Å². The minimum atomic E-state index is 0.358. The Morgan fingerprint density at radius 2 is 2.18 bits per heavy atom. The number of thioether (sulfide) groups is 1. The molecule has 0 radical (unpaired) electrons. The molecule has 2 nitrogen and oxygen atoms in total. The highest BCUT2D eigenvalue weighted by molar-refractivity contribution is 8.00. The molecule has 3 heteroatoms. The highest BCUT2D eigenvalue weighted by Crippen LogP contribution is 2.33. The summed E-state index contributed by atoms with van der Waals surface area (Å²) in [4.78, 5) is 2.51. The second-order valence-corrected chi connectivity index (χ2v) is 7.16. The molecule has 0 aromatic heterocycles. The smallest absolute Gasteiger partial charge is 0.0396 e. The van der Waals surface area contributed by atoms with Crippen LogP contribution in [0.15, 0.2) is 18.2 Å². The Balaban J connectivity index is 2.22. The number of aryl methyl sites for hydroxylation is 1. The van der Waals surface area contributed by atoms with E-state index in [-0.39, 0.29) is 0 Å². The van der Waals surface area contributed by atoms with Crippen molar-refractivity contribution in [2.45, 2.75) is 32.1 Å². The third-order valence-electron chi connectivity index (χ3n) is 3.26. The van der Waals surface area contributed by atoms with Crippen LogP contribution >= 0.6 is 11.8 Å². The lowest BCUT2D eigenvalue weighted by Crippen LogP contribution is -2.43. The summed E-state index contributed by atoms with van der Waals surface area (Å²) in [6.45, 7) is 9.74. The van der Waals surface area contributed by atoms with Gasteiger partial charge in [-0.3, -0.25) is 0 Å². The van der Waals surface area contributed by atoms with E-state index >= 15 is 0 Å². The second kappa shape index (κ2) is 4.91. The average Bonchev–Trinajstić information content (AvgIpc) is 2.27. The Kier molecular flexibility index (Phi) is 3.69. The maximum absolute atomic E-state index is 5.67. The van der Waals surface area contributed by atoms with E-state index in [1.807, 2.05) is 0 Å². The van der Waals surface area contributed by atoms with Crippen LogP contribution in [-0.4, -0.2) is 23.6 Å². The number of nitrogens with two attached hydrogens (primary N) is 1. The number of anilines is 1. The van der Waals surface area contributed by atoms with Crippen LogP contribution in [0, 0.1) is 6.92 Å². The van der Waals surface area contributed by atoms with Crippen LogP contribution in [-0.2, 0) is 6.54 Å². The van der Waals surface area contributed by atoms with E-state index in [1.165, 1.54) is 22.6 Å². The molecule has 0 saturated carbocycles. The quantitative estimate of drug-likeness (QED) is 0.875. The zero-order valence-corrected chi connectivity index (χ0v) is 11.8. The molecule has 0 unspecified atom stereocenters. The minimum Gasteiger partial charge on any atom is -0.369 e. The van der Waals surface area contributed by atoms with Crippen molar-refractivity contribution in [1.29, 1.82) is 0 Å². The fourth-order valence-corrected chi connectivity index (χ4v) is 3.53. The summed E-state index contributed by atoms with van der Waals surface area (Å²) >= 11 is 2.07. The second-order valence-electron chi connectivity index (χ2n) is 5.35. The van der Waals surface area contributed by atoms with Gasteiger partial charge in [0, 0.05) is 35.8 Å². The fourth-order valence-electron chi connectivity index (χ4n) is 2.42. The summed E-state index contributed by atoms with van der Waals surface area (Å²) in [7, 11) is 0. The van der Waals surface area contributed by atoms with E-state index in [0.717, 1.165) is 13.1 Å². The first-order chi connectivity index (χ1) is 8.02. The highest BCUT2D eigenvalue weighted by Gasteiger charge is 2.27. The Morgan fingerprint density at radius 1 is 1.41 bits per heavy atom. The van der Waals surface area contributed by atoms with Crippen molar-refractivity contribution in [2.24, 2.45) is 5.73 Å². The van der Waals surface area contributed by atoms with E-state index < -0.39 is 0 Å². The van der Waals surface area contributed by atoms with Gasteiger partial charge in [0.05, 0.1) is 0 Å². The van der Waals surface area contributed by atoms with E-state index in [9.17, 15) is 0 Å². The highest BCUT2D eigenvalue weighted by atomic mass is 32.2. The summed E-state index contributed by atoms with van der Waals surface area (Å²) in [6, 6.07) is 6.59. The Bertz CT molecular complexity index is 401. The van der Waals surface area contributed by atoms with Gasteiger partial charge in [-0.25, -0.2) is 0 Å². The molecule has 0 aliphatic carbocycles. The molecule has 1 aromatic carbocycles. The molecule has 1 fully saturated rings. The van der Waals surface area contributed by atoms with Crippen LogP contribution in [0.4, 0.5) is 5.69 Å². The van der Waals surface area contributed by atoms with Crippen molar-refractivity contribution >= 4 is 17.4 Å². The summed E-state index contributed by atoms with van der Waals surface area (Å²) in [5, 5.41) is 0. The van der Waals surface area contributed by atoms with Gasteiger partial charge in [-0.15, -0.1) is 0 Å². The van der Waals surface area contributed by atoms with Gasteiger partial charge in [0.25, 0.3) is 0 Å². The van der Waals surface area contributed by atoms with Crippen molar-refractivity contribution in [3.8, 4) is 0 Å². The average molecular weight is 250 g/mol. The van der Waals surface area contributed by atoms with Crippen LogP contribution in [0.25, 0.3) is 0 Å². The molecule has 1 saturated heterocycles. The van der Waals surface area contributed by atoms with E-state index in [4.69, 9.17) is 5.73 Å². The molecular weight excluding hydrogens is 228 g/mol. The number of nitrogens with zero attached hydrogens (tertiary/aromatic N) is 1. The first-order valence-corrected chi connectivity index (χ1v) is 7.19. The number of hydrogen-bond donors (Lipinski definition) is 1. The summed E-state index contributed by atoms with van der Waals surface area (Å²) < 4.78 is 0.358. The molecule has 0 spiro atoms. The lowest BCUT2D eigenvalue weighted by molar-refractivity contribution is 0.646. The molecule has 1 aliphatic heterocycles. The van der Waals surface area contributed by atoms with Gasteiger partial charge in [-0.2, -0.15) is 11.8 Å². The number of hydrogen-bond acceptors (Lipinski definition) is 3. The first-order valence-electron chi connectivity index (χ1n) is 6.20. The third-order valence-corrected chi connectivity index (χ3v) is 4.56. The van der Waals surface area contributed by atoms with Crippen LogP contribution in [0.1, 0.15) is 25.0 Å². The van der Waals surface area contributed by atoms with Gasteiger partial charge in [0.1, 0.15) is 0 Å². The fraction of sp³-hybridized carbons (Fsp3) is 0.571. The molecule has 94 valence electrons. The largest absolute Gasteiger partial charge is 0.369 e. The molecule has 17 heavy (non-hydrogen) atoms. The van der Waals surface area contributed by atoms with E-state index in [2.05, 4.69) is 55.6 Å². The van der Waals surface area contributed by atoms with Crippen LogP contribution in [0.2, 0.25) is 0 Å². The minimum absolute atomic E-state index is 0.358. The lowest BCUT2D eigenvalue weighted by atomic mass is 10.1. The van der Waals surface area contributed by atoms with Crippen molar-refractivity contribution in [3.63, 3.8) is 0 Å². The van der Waals surface area contributed by atoms with Gasteiger partial charge in [0.15, 0.2) is 0 Å². The summed E-state index contributed by atoms with van der Waals surface area (Å²) in [6.07, 6.45) is 0. The number of rotatable bonds is 2. The molecule has 0 amide bonds. The SMILES string of the molecule is Cc1cc(CN)ccc1N1CCSC(C)(C)C1. The van der Waals surface area contributed by atoms with E-state index in [1.54, 1.807) is 0 Å². The van der Waals surface area contributed by atoms with Crippen molar-refractivity contribution in [1.82, 2.24) is 0 Å². The molecule has 2 rings (SSSR count). The predicted octanol–water partition coefficient (Wildman–Crippen LogP) is 2.79. The molecule has 0 bridgehead atoms. The van der Waals surface area contributed by atoms with E-state index in [0.29, 0.717) is 11.3 Å². The van der Waals surface area contributed by atoms with Crippen molar-refractivity contribution in [2.75, 3.05) is 23.7 Å². The molecule has 2 N–H and O–H groups in total. The van der Waals surface area contributed by atoms with Crippen molar-refractivity contribution in [3.05, 3.63) is 29.3 Å². The van der Waals surface area contributed by atoms with Crippen molar-refractivity contribution < 1.29 is 0 Å². The molecular formula is C14H22N2S. The summed E-state index contributed by atoms with van der Waals surface area (Å²) in [5.74, 6) is 1.21.